The van der Waals surface area contributed by atoms with Gasteiger partial charge in [0.05, 0.1) is 19.8 Å². The molecule has 16 heteroatoms. The van der Waals surface area contributed by atoms with E-state index in [1.165, 1.54) is 6.07 Å². The summed E-state index contributed by atoms with van der Waals surface area (Å²) in [5.74, 6) is -5.61. The van der Waals surface area contributed by atoms with E-state index in [4.69, 9.17) is 24.5 Å². The zero-order valence-corrected chi connectivity index (χ0v) is 20.2. The molecular formula is C22H28F7N3O6. The van der Waals surface area contributed by atoms with Gasteiger partial charge in [-0.1, -0.05) is 18.2 Å². The summed E-state index contributed by atoms with van der Waals surface area (Å²) in [5, 5.41) is 17.0. The molecule has 0 aliphatic carbocycles. The number of rotatable bonds is 4. The Morgan fingerprint density at radius 1 is 0.974 bits per heavy atom. The first-order valence-electron chi connectivity index (χ1n) is 11.1. The molecule has 1 spiro atoms. The van der Waals surface area contributed by atoms with Crippen molar-refractivity contribution < 1.29 is 60.1 Å². The lowest BCUT2D eigenvalue weighted by Gasteiger charge is -2.50. The lowest BCUT2D eigenvalue weighted by atomic mass is 9.85. The monoisotopic (exact) mass is 563 g/mol. The Morgan fingerprint density at radius 3 is 1.92 bits per heavy atom. The summed E-state index contributed by atoms with van der Waals surface area (Å²) in [6.45, 7) is 4.99. The number of likely N-dealkylation sites (tertiary alicyclic amines) is 1. The van der Waals surface area contributed by atoms with E-state index in [1.54, 1.807) is 13.1 Å². The normalized spacial score (nSPS) is 17.9. The van der Waals surface area contributed by atoms with Crippen LogP contribution in [0.5, 0.6) is 0 Å². The third-order valence-electron chi connectivity index (χ3n) is 5.78. The second-order valence-electron chi connectivity index (χ2n) is 8.35. The number of morpholine rings is 1. The summed E-state index contributed by atoms with van der Waals surface area (Å²) in [4.78, 5) is 34.2. The number of hydrogen-bond donors (Lipinski definition) is 3. The van der Waals surface area contributed by atoms with Crippen molar-refractivity contribution >= 4 is 17.8 Å². The fourth-order valence-electron chi connectivity index (χ4n) is 3.72. The van der Waals surface area contributed by atoms with Crippen molar-refractivity contribution in [2.75, 3.05) is 46.4 Å². The Balaban J connectivity index is 0.000000426. The number of amides is 1. The number of nitrogens with zero attached hydrogens (tertiary/aromatic N) is 2. The molecule has 2 fully saturated rings. The fraction of sp³-hybridized carbons (Fsp3) is 0.591. The van der Waals surface area contributed by atoms with E-state index in [0.717, 1.165) is 38.0 Å². The molecule has 0 saturated carbocycles. The van der Waals surface area contributed by atoms with Gasteiger partial charge < -0.3 is 20.3 Å². The number of carbonyl (C=O) groups excluding carboxylic acids is 1. The molecule has 38 heavy (non-hydrogen) atoms. The third kappa shape index (κ3) is 10.8. The number of halogens is 7. The van der Waals surface area contributed by atoms with E-state index >= 15 is 0 Å². The van der Waals surface area contributed by atoms with Gasteiger partial charge in [0.2, 0.25) is 5.91 Å². The number of piperidine rings is 1. The number of likely N-dealkylation sites (N-methyl/N-ethyl adjacent to an activating group) is 1. The Labute approximate surface area is 213 Å². The molecule has 1 aromatic carbocycles. The topological polar surface area (TPSA) is 119 Å². The number of carbonyl (C=O) groups is 3. The van der Waals surface area contributed by atoms with Crippen LogP contribution in [0.15, 0.2) is 24.3 Å². The Kier molecular flexibility index (Phi) is 12.4. The molecule has 2 heterocycles. The summed E-state index contributed by atoms with van der Waals surface area (Å²) in [7, 11) is 1.67. The number of ether oxygens (including phenoxy) is 1. The predicted molar refractivity (Wildman–Crippen MR) is 117 cm³/mol. The molecule has 0 atom stereocenters. The van der Waals surface area contributed by atoms with Crippen molar-refractivity contribution in [2.45, 2.75) is 37.3 Å². The van der Waals surface area contributed by atoms with Crippen LogP contribution in [0.4, 0.5) is 30.7 Å². The summed E-state index contributed by atoms with van der Waals surface area (Å²) in [6.07, 6.45) is -8.28. The highest BCUT2D eigenvalue weighted by atomic mass is 19.4. The maximum Gasteiger partial charge on any atom is 0.490 e. The molecule has 216 valence electrons. The first kappa shape index (κ1) is 33.0. The van der Waals surface area contributed by atoms with Crippen LogP contribution < -0.4 is 5.32 Å². The second kappa shape index (κ2) is 14.2. The van der Waals surface area contributed by atoms with E-state index in [1.807, 2.05) is 12.1 Å². The second-order valence-corrected chi connectivity index (χ2v) is 8.35. The third-order valence-corrected chi connectivity index (χ3v) is 5.78. The van der Waals surface area contributed by atoms with Gasteiger partial charge in [-0.3, -0.25) is 14.6 Å². The number of carboxylic acids is 2. The Morgan fingerprint density at radius 2 is 1.47 bits per heavy atom. The zero-order valence-electron chi connectivity index (χ0n) is 20.2. The van der Waals surface area contributed by atoms with Crippen LogP contribution in [0.25, 0.3) is 0 Å². The van der Waals surface area contributed by atoms with Gasteiger partial charge in [-0.25, -0.2) is 14.0 Å². The van der Waals surface area contributed by atoms with Crippen LogP contribution in [0, 0.1) is 5.82 Å². The van der Waals surface area contributed by atoms with Gasteiger partial charge in [-0.15, -0.1) is 0 Å². The smallest absolute Gasteiger partial charge is 0.475 e. The molecular weight excluding hydrogens is 535 g/mol. The van der Waals surface area contributed by atoms with E-state index in [2.05, 4.69) is 15.1 Å². The lowest BCUT2D eigenvalue weighted by molar-refractivity contribution is -0.193. The van der Waals surface area contributed by atoms with Gasteiger partial charge in [0.25, 0.3) is 0 Å². The van der Waals surface area contributed by atoms with Crippen molar-refractivity contribution in [3.8, 4) is 0 Å². The van der Waals surface area contributed by atoms with Gasteiger partial charge in [0.1, 0.15) is 5.82 Å². The molecule has 1 aromatic rings. The van der Waals surface area contributed by atoms with E-state index in [9.17, 15) is 35.5 Å². The number of aliphatic carboxylic acids is 2. The van der Waals surface area contributed by atoms with E-state index in [-0.39, 0.29) is 17.3 Å². The predicted octanol–water partition coefficient (Wildman–Crippen LogP) is 2.51. The molecule has 0 bridgehead atoms. The maximum atomic E-state index is 13.8. The van der Waals surface area contributed by atoms with Crippen molar-refractivity contribution in [3.63, 3.8) is 0 Å². The molecule has 9 nitrogen and oxygen atoms in total. The molecule has 2 aliphatic heterocycles. The highest BCUT2D eigenvalue weighted by molar-refractivity contribution is 5.77. The summed E-state index contributed by atoms with van der Waals surface area (Å²) in [5.41, 5.74) is 0.687. The largest absolute Gasteiger partial charge is 0.490 e. The Bertz CT molecular complexity index is 911. The number of nitrogens with one attached hydrogen (secondary N) is 1. The molecule has 2 saturated heterocycles. The van der Waals surface area contributed by atoms with Crippen molar-refractivity contribution in [3.05, 3.63) is 35.6 Å². The number of benzene rings is 1. The average molecular weight is 563 g/mol. The van der Waals surface area contributed by atoms with Crippen molar-refractivity contribution in [1.82, 2.24) is 15.1 Å². The first-order valence-corrected chi connectivity index (χ1v) is 11.1. The van der Waals surface area contributed by atoms with Gasteiger partial charge in [0, 0.05) is 44.3 Å². The number of carboxylic acid groups (broad SMARTS) is 2. The van der Waals surface area contributed by atoms with Crippen LogP contribution in [0.1, 0.15) is 18.4 Å². The SMILES string of the molecule is CNC(=O)CN1CCOCC12CCN(Cc1ccccc1F)CC2.O=C(O)C(F)(F)F.O=C(O)C(F)(F)F. The fourth-order valence-corrected chi connectivity index (χ4v) is 3.72. The quantitative estimate of drug-likeness (QED) is 0.479. The number of alkyl halides is 6. The molecule has 0 unspecified atom stereocenters. The lowest BCUT2D eigenvalue weighted by Crippen LogP contribution is -2.62. The summed E-state index contributed by atoms with van der Waals surface area (Å²) < 4.78 is 83.0. The van der Waals surface area contributed by atoms with Crippen LogP contribution in [0.3, 0.4) is 0 Å². The summed E-state index contributed by atoms with van der Waals surface area (Å²) in [6, 6.07) is 6.96. The standard InChI is InChI=1S/C18H26FN3O2.2C2HF3O2/c1-20-17(23)13-22-10-11-24-14-18(22)6-8-21(9-7-18)12-15-4-2-3-5-16(15)19;2*3-2(4,5)1(6)7/h2-5H,6-14H2,1H3,(H,20,23);2*(H,6,7). The molecule has 3 N–H and O–H groups in total. The van der Waals surface area contributed by atoms with Gasteiger partial charge >= 0.3 is 24.3 Å². The van der Waals surface area contributed by atoms with Crippen LogP contribution in [0.2, 0.25) is 0 Å². The van der Waals surface area contributed by atoms with Gasteiger partial charge in [-0.2, -0.15) is 26.3 Å². The van der Waals surface area contributed by atoms with Crippen molar-refractivity contribution in [2.24, 2.45) is 0 Å². The van der Waals surface area contributed by atoms with Crippen LogP contribution in [-0.4, -0.2) is 102 Å². The van der Waals surface area contributed by atoms with Gasteiger partial charge in [-0.05, 0) is 18.9 Å². The maximum absolute atomic E-state index is 13.8. The zero-order chi connectivity index (χ0) is 29.1. The highest BCUT2D eigenvalue weighted by Crippen LogP contribution is 2.32. The minimum Gasteiger partial charge on any atom is -0.475 e. The van der Waals surface area contributed by atoms with E-state index in [0.29, 0.717) is 26.3 Å². The molecule has 3 rings (SSSR count). The first-order chi connectivity index (χ1) is 17.5. The highest BCUT2D eigenvalue weighted by Gasteiger charge is 2.43. The minimum absolute atomic E-state index is 0.0464. The van der Waals surface area contributed by atoms with Crippen LogP contribution in [-0.2, 0) is 25.7 Å². The average Bonchev–Trinajstić information content (AvgIpc) is 2.83. The molecule has 0 aromatic heterocycles. The minimum atomic E-state index is -5.08. The van der Waals surface area contributed by atoms with Crippen LogP contribution >= 0.6 is 0 Å². The Hall–Kier alpha value is -2.98. The van der Waals surface area contributed by atoms with E-state index < -0.39 is 24.3 Å². The number of hydrogen-bond acceptors (Lipinski definition) is 6. The van der Waals surface area contributed by atoms with Crippen molar-refractivity contribution in [1.29, 1.82) is 0 Å². The molecule has 0 radical (unpaired) electrons. The molecule has 1 amide bonds. The summed E-state index contributed by atoms with van der Waals surface area (Å²) >= 11 is 0. The molecule has 2 aliphatic rings. The van der Waals surface area contributed by atoms with Gasteiger partial charge in [0.15, 0.2) is 0 Å².